The first-order chi connectivity index (χ1) is 7.86. The number of nitrogens with zero attached hydrogens (tertiary/aromatic N) is 4. The fraction of sp³-hybridized carbons (Fsp3) is 0.100. The zero-order valence-electron chi connectivity index (χ0n) is 8.37. The summed E-state index contributed by atoms with van der Waals surface area (Å²) in [6.07, 6.45) is 5.39. The lowest BCUT2D eigenvalue weighted by atomic mass is 10.3. The molecule has 3 aromatic heterocycles. The first kappa shape index (κ1) is 9.44. The Kier molecular flexibility index (Phi) is 2.16. The Labute approximate surface area is 95.6 Å². The lowest BCUT2D eigenvalue weighted by Gasteiger charge is -1.91. The van der Waals surface area contributed by atoms with Crippen molar-refractivity contribution in [2.75, 3.05) is 0 Å². The Morgan fingerprint density at radius 2 is 2.38 bits per heavy atom. The van der Waals surface area contributed by atoms with Crippen LogP contribution in [0.4, 0.5) is 0 Å². The Hall–Kier alpha value is -1.79. The molecule has 0 unspecified atom stereocenters. The van der Waals surface area contributed by atoms with E-state index in [1.165, 1.54) is 11.3 Å². The molecule has 80 valence electrons. The van der Waals surface area contributed by atoms with Gasteiger partial charge in [-0.3, -0.25) is 4.98 Å². The van der Waals surface area contributed by atoms with E-state index in [2.05, 4.69) is 15.1 Å². The highest BCUT2D eigenvalue weighted by atomic mass is 32.1. The maximum Gasteiger partial charge on any atom is 0.212 e. The van der Waals surface area contributed by atoms with Gasteiger partial charge in [0.1, 0.15) is 5.01 Å². The molecule has 0 spiro atoms. The highest BCUT2D eigenvalue weighted by molar-refractivity contribution is 7.19. The molecule has 0 fully saturated rings. The largest absolute Gasteiger partial charge is 0.325 e. The molecule has 3 aromatic rings. The minimum absolute atomic E-state index is 0.443. The maximum absolute atomic E-state index is 5.51. The van der Waals surface area contributed by atoms with Crippen molar-refractivity contribution in [1.29, 1.82) is 0 Å². The van der Waals surface area contributed by atoms with Crippen LogP contribution in [0.15, 0.2) is 30.7 Å². The lowest BCUT2D eigenvalue weighted by Crippen LogP contribution is -1.95. The first-order valence-corrected chi connectivity index (χ1v) is 5.64. The molecule has 5 nitrogen and oxygen atoms in total. The number of imidazole rings is 1. The number of hydrogen-bond donors (Lipinski definition) is 1. The monoisotopic (exact) mass is 231 g/mol. The van der Waals surface area contributed by atoms with Crippen LogP contribution >= 0.6 is 11.3 Å². The van der Waals surface area contributed by atoms with Gasteiger partial charge in [-0.25, -0.2) is 9.50 Å². The van der Waals surface area contributed by atoms with Gasteiger partial charge in [0.05, 0.1) is 11.9 Å². The molecule has 0 bridgehead atoms. The molecule has 0 saturated carbocycles. The molecule has 3 heterocycles. The van der Waals surface area contributed by atoms with Crippen molar-refractivity contribution in [1.82, 2.24) is 19.6 Å². The molecule has 2 N–H and O–H groups in total. The van der Waals surface area contributed by atoms with Crippen molar-refractivity contribution in [2.24, 2.45) is 5.73 Å². The summed E-state index contributed by atoms with van der Waals surface area (Å²) in [6.45, 7) is 0.443. The third-order valence-corrected chi connectivity index (χ3v) is 3.18. The highest BCUT2D eigenvalue weighted by Gasteiger charge is 2.08. The molecular weight excluding hydrogens is 222 g/mol. The smallest absolute Gasteiger partial charge is 0.212 e. The van der Waals surface area contributed by atoms with Crippen molar-refractivity contribution in [3.8, 4) is 10.6 Å². The van der Waals surface area contributed by atoms with Crippen LogP contribution in [0.1, 0.15) is 5.69 Å². The summed E-state index contributed by atoms with van der Waals surface area (Å²) in [5.41, 5.74) is 7.38. The quantitative estimate of drug-likeness (QED) is 0.722. The van der Waals surface area contributed by atoms with Gasteiger partial charge in [0.2, 0.25) is 4.96 Å². The van der Waals surface area contributed by atoms with E-state index in [0.29, 0.717) is 6.54 Å². The van der Waals surface area contributed by atoms with Crippen LogP contribution in [0.3, 0.4) is 0 Å². The Balaban J connectivity index is 2.10. The molecule has 0 aliphatic carbocycles. The van der Waals surface area contributed by atoms with E-state index in [-0.39, 0.29) is 0 Å². The number of nitrogens with two attached hydrogens (primary N) is 1. The van der Waals surface area contributed by atoms with Gasteiger partial charge in [-0.05, 0) is 12.1 Å². The fourth-order valence-corrected chi connectivity index (χ4v) is 2.34. The zero-order chi connectivity index (χ0) is 11.0. The predicted molar refractivity (Wildman–Crippen MR) is 62.0 cm³/mol. The van der Waals surface area contributed by atoms with Gasteiger partial charge < -0.3 is 5.73 Å². The third kappa shape index (κ3) is 1.48. The average molecular weight is 231 g/mol. The molecule has 0 atom stereocenters. The summed E-state index contributed by atoms with van der Waals surface area (Å²) < 4.78 is 1.76. The molecular formula is C10H9N5S. The van der Waals surface area contributed by atoms with Gasteiger partial charge in [-0.15, -0.1) is 0 Å². The van der Waals surface area contributed by atoms with Crippen LogP contribution in [0, 0.1) is 0 Å². The van der Waals surface area contributed by atoms with E-state index < -0.39 is 0 Å². The highest BCUT2D eigenvalue weighted by Crippen LogP contribution is 2.24. The van der Waals surface area contributed by atoms with Gasteiger partial charge >= 0.3 is 0 Å². The van der Waals surface area contributed by atoms with Crippen LogP contribution < -0.4 is 5.73 Å². The first-order valence-electron chi connectivity index (χ1n) is 4.82. The van der Waals surface area contributed by atoms with Crippen molar-refractivity contribution in [3.63, 3.8) is 0 Å². The maximum atomic E-state index is 5.51. The topological polar surface area (TPSA) is 69.1 Å². The van der Waals surface area contributed by atoms with E-state index in [1.54, 1.807) is 16.9 Å². The Morgan fingerprint density at radius 3 is 3.06 bits per heavy atom. The summed E-state index contributed by atoms with van der Waals surface area (Å²) in [5, 5.41) is 5.34. The molecule has 0 aliphatic heterocycles. The van der Waals surface area contributed by atoms with Crippen LogP contribution in [0.5, 0.6) is 0 Å². The van der Waals surface area contributed by atoms with E-state index in [4.69, 9.17) is 5.73 Å². The number of fused-ring (bicyclic) bond motifs is 1. The lowest BCUT2D eigenvalue weighted by molar-refractivity contribution is 0.959. The van der Waals surface area contributed by atoms with Gasteiger partial charge in [-0.2, -0.15) is 5.10 Å². The standard InChI is InChI=1S/C10H9N5S/c11-4-8-6-15-10(13-8)16-9(14-15)7-2-1-3-12-5-7/h1-3,5-6H,4,11H2. The average Bonchev–Trinajstić information content (AvgIpc) is 2.87. The Morgan fingerprint density at radius 1 is 1.44 bits per heavy atom. The number of aromatic nitrogens is 4. The second-order valence-corrected chi connectivity index (χ2v) is 4.27. The minimum atomic E-state index is 0.443. The summed E-state index contributed by atoms with van der Waals surface area (Å²) in [4.78, 5) is 9.28. The van der Waals surface area contributed by atoms with Crippen molar-refractivity contribution < 1.29 is 0 Å². The summed E-state index contributed by atoms with van der Waals surface area (Å²) in [6, 6.07) is 3.87. The van der Waals surface area contributed by atoms with Crippen molar-refractivity contribution in [2.45, 2.75) is 6.54 Å². The Bertz CT molecular complexity index is 581. The molecule has 0 saturated heterocycles. The van der Waals surface area contributed by atoms with Gasteiger partial charge in [0, 0.05) is 24.5 Å². The zero-order valence-corrected chi connectivity index (χ0v) is 9.18. The normalized spacial score (nSPS) is 11.1. The van der Waals surface area contributed by atoms with Gasteiger partial charge in [0.15, 0.2) is 0 Å². The fourth-order valence-electron chi connectivity index (χ4n) is 1.45. The number of pyridine rings is 1. The van der Waals surface area contributed by atoms with Crippen LogP contribution in [-0.4, -0.2) is 19.6 Å². The number of rotatable bonds is 2. The summed E-state index contributed by atoms with van der Waals surface area (Å²) >= 11 is 1.53. The third-order valence-electron chi connectivity index (χ3n) is 2.21. The molecule has 3 rings (SSSR count). The minimum Gasteiger partial charge on any atom is -0.325 e. The SMILES string of the molecule is NCc1cn2nc(-c3cccnc3)sc2n1. The van der Waals surface area contributed by atoms with Crippen LogP contribution in [0.2, 0.25) is 0 Å². The van der Waals surface area contributed by atoms with Crippen molar-refractivity contribution in [3.05, 3.63) is 36.4 Å². The van der Waals surface area contributed by atoms with Crippen LogP contribution in [0.25, 0.3) is 15.5 Å². The van der Waals surface area contributed by atoms with E-state index in [1.807, 2.05) is 18.3 Å². The predicted octanol–water partition coefficient (Wildman–Crippen LogP) is 1.31. The molecule has 0 aromatic carbocycles. The van der Waals surface area contributed by atoms with Gasteiger partial charge in [-0.1, -0.05) is 11.3 Å². The van der Waals surface area contributed by atoms with E-state index >= 15 is 0 Å². The second-order valence-electron chi connectivity index (χ2n) is 3.31. The van der Waals surface area contributed by atoms with E-state index in [9.17, 15) is 0 Å². The molecule has 0 radical (unpaired) electrons. The van der Waals surface area contributed by atoms with Crippen molar-refractivity contribution >= 4 is 16.3 Å². The summed E-state index contributed by atoms with van der Waals surface area (Å²) in [5.74, 6) is 0. The van der Waals surface area contributed by atoms with Crippen LogP contribution in [-0.2, 0) is 6.54 Å². The molecule has 6 heteroatoms. The van der Waals surface area contributed by atoms with E-state index in [0.717, 1.165) is 21.2 Å². The summed E-state index contributed by atoms with van der Waals surface area (Å²) in [7, 11) is 0. The molecule has 16 heavy (non-hydrogen) atoms. The number of hydrogen-bond acceptors (Lipinski definition) is 5. The molecule has 0 aliphatic rings. The second kappa shape index (κ2) is 3.66. The van der Waals surface area contributed by atoms with Gasteiger partial charge in [0.25, 0.3) is 0 Å². The molecule has 0 amide bonds.